The maximum atomic E-state index is 12.2. The van der Waals surface area contributed by atoms with E-state index in [1.54, 1.807) is 18.2 Å². The molecule has 3 N–H and O–H groups in total. The Balaban J connectivity index is 2.66. The third kappa shape index (κ3) is 1.87. The molecule has 0 radical (unpaired) electrons. The summed E-state index contributed by atoms with van der Waals surface area (Å²) in [5.41, 5.74) is 6.41. The monoisotopic (exact) mass is 240 g/mol. The summed E-state index contributed by atoms with van der Waals surface area (Å²) in [6.45, 7) is 4.49. The molecule has 1 aromatic carbocycles. The van der Waals surface area contributed by atoms with Gasteiger partial charge in [0.05, 0.1) is 17.1 Å². The molecule has 16 heavy (non-hydrogen) atoms. The Morgan fingerprint density at radius 1 is 1.38 bits per heavy atom. The molecule has 0 aromatic heterocycles. The molecule has 1 aliphatic rings. The SMILES string of the molecule is CC1(C)CNc2cccc(N)c2S(=O)(=O)C1. The molecule has 1 aliphatic heterocycles. The van der Waals surface area contributed by atoms with Gasteiger partial charge >= 0.3 is 0 Å². The second kappa shape index (κ2) is 3.38. The van der Waals surface area contributed by atoms with Crippen molar-refractivity contribution in [3.63, 3.8) is 0 Å². The van der Waals surface area contributed by atoms with E-state index in [1.807, 2.05) is 13.8 Å². The maximum Gasteiger partial charge on any atom is 0.183 e. The Hall–Kier alpha value is -1.23. The summed E-state index contributed by atoms with van der Waals surface area (Å²) in [6, 6.07) is 5.13. The fourth-order valence-corrected chi connectivity index (χ4v) is 4.19. The number of rotatable bonds is 0. The van der Waals surface area contributed by atoms with Gasteiger partial charge in [0, 0.05) is 6.54 Å². The van der Waals surface area contributed by atoms with Crippen LogP contribution in [0.2, 0.25) is 0 Å². The summed E-state index contributed by atoms with van der Waals surface area (Å²) in [6.07, 6.45) is 0. The molecule has 5 heteroatoms. The Morgan fingerprint density at radius 3 is 2.75 bits per heavy atom. The zero-order valence-corrected chi connectivity index (χ0v) is 10.3. The van der Waals surface area contributed by atoms with E-state index >= 15 is 0 Å². The van der Waals surface area contributed by atoms with Gasteiger partial charge in [-0.3, -0.25) is 0 Å². The van der Waals surface area contributed by atoms with E-state index in [4.69, 9.17) is 5.73 Å². The number of anilines is 2. The number of benzene rings is 1. The molecule has 2 rings (SSSR count). The van der Waals surface area contributed by atoms with Crippen molar-refractivity contribution in [1.29, 1.82) is 0 Å². The highest BCUT2D eigenvalue weighted by atomic mass is 32.2. The third-order valence-corrected chi connectivity index (χ3v) is 4.93. The van der Waals surface area contributed by atoms with Gasteiger partial charge in [0.25, 0.3) is 0 Å². The molecular weight excluding hydrogens is 224 g/mol. The number of nitrogens with two attached hydrogens (primary N) is 1. The van der Waals surface area contributed by atoms with Crippen LogP contribution in [0.15, 0.2) is 23.1 Å². The molecule has 0 amide bonds. The van der Waals surface area contributed by atoms with Gasteiger partial charge in [0.2, 0.25) is 0 Å². The molecule has 0 unspecified atom stereocenters. The van der Waals surface area contributed by atoms with Gasteiger partial charge in [-0.25, -0.2) is 8.42 Å². The third-order valence-electron chi connectivity index (χ3n) is 2.69. The lowest BCUT2D eigenvalue weighted by atomic mass is 9.96. The van der Waals surface area contributed by atoms with Crippen LogP contribution in [0.25, 0.3) is 0 Å². The molecule has 88 valence electrons. The van der Waals surface area contributed by atoms with Crippen molar-refractivity contribution < 1.29 is 8.42 Å². The summed E-state index contributed by atoms with van der Waals surface area (Å²) >= 11 is 0. The van der Waals surface area contributed by atoms with Crippen molar-refractivity contribution in [2.45, 2.75) is 18.7 Å². The van der Waals surface area contributed by atoms with E-state index in [9.17, 15) is 8.42 Å². The minimum absolute atomic E-state index is 0.119. The highest BCUT2D eigenvalue weighted by Crippen LogP contribution is 2.35. The van der Waals surface area contributed by atoms with Crippen LogP contribution in [0.3, 0.4) is 0 Å². The topological polar surface area (TPSA) is 72.2 Å². The van der Waals surface area contributed by atoms with Crippen LogP contribution in [0.5, 0.6) is 0 Å². The summed E-state index contributed by atoms with van der Waals surface area (Å²) in [4.78, 5) is 0.251. The van der Waals surface area contributed by atoms with Crippen molar-refractivity contribution in [2.24, 2.45) is 5.41 Å². The van der Waals surface area contributed by atoms with Crippen LogP contribution >= 0.6 is 0 Å². The Morgan fingerprint density at radius 2 is 2.06 bits per heavy atom. The average Bonchev–Trinajstić information content (AvgIpc) is 2.20. The van der Waals surface area contributed by atoms with Gasteiger partial charge < -0.3 is 11.1 Å². The van der Waals surface area contributed by atoms with Crippen LogP contribution in [0.1, 0.15) is 13.8 Å². The van der Waals surface area contributed by atoms with E-state index in [0.29, 0.717) is 17.9 Å². The minimum atomic E-state index is -3.30. The van der Waals surface area contributed by atoms with Crippen LogP contribution in [-0.2, 0) is 9.84 Å². The second-order valence-electron chi connectivity index (χ2n) is 5.00. The molecule has 0 atom stereocenters. The summed E-state index contributed by atoms with van der Waals surface area (Å²) < 4.78 is 24.4. The normalized spacial score (nSPS) is 21.6. The number of sulfone groups is 1. The van der Waals surface area contributed by atoms with E-state index in [0.717, 1.165) is 0 Å². The van der Waals surface area contributed by atoms with E-state index in [2.05, 4.69) is 5.32 Å². The van der Waals surface area contributed by atoms with Crippen LogP contribution < -0.4 is 11.1 Å². The Labute approximate surface area is 95.8 Å². The highest BCUT2D eigenvalue weighted by molar-refractivity contribution is 7.91. The smallest absolute Gasteiger partial charge is 0.183 e. The lowest BCUT2D eigenvalue weighted by molar-refractivity contribution is 0.442. The first-order chi connectivity index (χ1) is 7.32. The Kier molecular flexibility index (Phi) is 2.38. The first kappa shape index (κ1) is 11.3. The van der Waals surface area contributed by atoms with Gasteiger partial charge in [-0.15, -0.1) is 0 Å². The van der Waals surface area contributed by atoms with Gasteiger partial charge in [-0.1, -0.05) is 19.9 Å². The minimum Gasteiger partial charge on any atom is -0.398 e. The van der Waals surface area contributed by atoms with E-state index < -0.39 is 9.84 Å². The number of nitrogen functional groups attached to an aromatic ring is 1. The lowest BCUT2D eigenvalue weighted by Crippen LogP contribution is -2.28. The molecule has 0 bridgehead atoms. The van der Waals surface area contributed by atoms with Crippen molar-refractivity contribution in [3.05, 3.63) is 18.2 Å². The average molecular weight is 240 g/mol. The Bertz CT molecular complexity index is 521. The molecular formula is C11H16N2O2S. The predicted molar refractivity (Wildman–Crippen MR) is 65.2 cm³/mol. The van der Waals surface area contributed by atoms with Crippen molar-refractivity contribution >= 4 is 21.2 Å². The molecule has 1 heterocycles. The fraction of sp³-hybridized carbons (Fsp3) is 0.455. The predicted octanol–water partition coefficient (Wildman–Crippen LogP) is 1.49. The first-order valence-corrected chi connectivity index (χ1v) is 6.82. The maximum absolute atomic E-state index is 12.2. The number of nitrogens with one attached hydrogen (secondary N) is 1. The molecule has 1 aromatic rings. The molecule has 0 saturated carbocycles. The van der Waals surface area contributed by atoms with Crippen LogP contribution in [0, 0.1) is 5.41 Å². The van der Waals surface area contributed by atoms with Gasteiger partial charge in [-0.2, -0.15) is 0 Å². The molecule has 0 saturated heterocycles. The molecule has 0 fully saturated rings. The summed E-state index contributed by atoms with van der Waals surface area (Å²) in [5.74, 6) is 0.119. The highest BCUT2D eigenvalue weighted by Gasteiger charge is 2.33. The summed E-state index contributed by atoms with van der Waals surface area (Å²) in [7, 11) is -3.30. The number of hydrogen-bond donors (Lipinski definition) is 2. The summed E-state index contributed by atoms with van der Waals surface area (Å²) in [5, 5.41) is 3.15. The number of hydrogen-bond acceptors (Lipinski definition) is 4. The number of fused-ring (bicyclic) bond motifs is 1. The van der Waals surface area contributed by atoms with Gasteiger partial charge in [-0.05, 0) is 17.5 Å². The first-order valence-electron chi connectivity index (χ1n) is 5.17. The van der Waals surface area contributed by atoms with Crippen LogP contribution in [0.4, 0.5) is 11.4 Å². The van der Waals surface area contributed by atoms with Crippen LogP contribution in [-0.4, -0.2) is 20.7 Å². The van der Waals surface area contributed by atoms with Crippen molar-refractivity contribution in [2.75, 3.05) is 23.3 Å². The molecule has 4 nitrogen and oxygen atoms in total. The van der Waals surface area contributed by atoms with Gasteiger partial charge in [0.15, 0.2) is 9.84 Å². The van der Waals surface area contributed by atoms with Crippen molar-refractivity contribution in [1.82, 2.24) is 0 Å². The van der Waals surface area contributed by atoms with Crippen molar-refractivity contribution in [3.8, 4) is 0 Å². The zero-order chi connectivity index (χ0) is 12.0. The lowest BCUT2D eigenvalue weighted by Gasteiger charge is -2.20. The van der Waals surface area contributed by atoms with Gasteiger partial charge in [0.1, 0.15) is 4.90 Å². The van der Waals surface area contributed by atoms with E-state index in [-0.39, 0.29) is 16.1 Å². The quantitative estimate of drug-likeness (QED) is 0.674. The molecule has 0 aliphatic carbocycles. The van der Waals surface area contributed by atoms with E-state index in [1.165, 1.54) is 0 Å². The second-order valence-corrected chi connectivity index (χ2v) is 6.93. The zero-order valence-electron chi connectivity index (χ0n) is 9.45. The standard InChI is InChI=1S/C11H16N2O2S/c1-11(2)6-13-9-5-3-4-8(12)10(9)16(14,15)7-11/h3-5,13H,6-7,12H2,1-2H3. The molecule has 0 spiro atoms. The largest absolute Gasteiger partial charge is 0.398 e. The fourth-order valence-electron chi connectivity index (χ4n) is 2.01.